The van der Waals surface area contributed by atoms with Crippen molar-refractivity contribution in [2.75, 3.05) is 0 Å². The molecule has 96 valence electrons. The van der Waals surface area contributed by atoms with Crippen molar-refractivity contribution in [3.05, 3.63) is 83.4 Å². The van der Waals surface area contributed by atoms with Crippen LogP contribution in [0, 0.1) is 0 Å². The van der Waals surface area contributed by atoms with E-state index in [9.17, 15) is 4.79 Å². The van der Waals surface area contributed by atoms with Gasteiger partial charge in [0.1, 0.15) is 0 Å². The second-order valence-electron chi connectivity index (χ2n) is 4.94. The van der Waals surface area contributed by atoms with Gasteiger partial charge in [0.2, 0.25) is 0 Å². The molecule has 0 spiro atoms. The van der Waals surface area contributed by atoms with Gasteiger partial charge in [-0.25, -0.2) is 4.79 Å². The molecule has 0 fully saturated rings. The van der Waals surface area contributed by atoms with Crippen LogP contribution in [-0.2, 0) is 4.74 Å². The Kier molecular flexibility index (Phi) is 2.36. The highest BCUT2D eigenvalue weighted by Gasteiger charge is 2.32. The minimum absolute atomic E-state index is 0.237. The number of carbonyl (C=O) groups excluding carboxylic acids is 1. The Morgan fingerprint density at radius 2 is 1.45 bits per heavy atom. The third-order valence-corrected chi connectivity index (χ3v) is 3.79. The largest absolute Gasteiger partial charge is 0.449 e. The van der Waals surface area contributed by atoms with E-state index in [2.05, 4.69) is 18.2 Å². The van der Waals surface area contributed by atoms with Gasteiger partial charge in [-0.15, -0.1) is 0 Å². The number of esters is 1. The molecular formula is C18H12O2. The van der Waals surface area contributed by atoms with Crippen molar-refractivity contribution >= 4 is 16.7 Å². The summed E-state index contributed by atoms with van der Waals surface area (Å²) in [6, 6.07) is 21.9. The minimum Gasteiger partial charge on any atom is -0.449 e. The highest BCUT2D eigenvalue weighted by atomic mass is 16.5. The van der Waals surface area contributed by atoms with Crippen LogP contribution in [0.3, 0.4) is 0 Å². The molecule has 1 unspecified atom stereocenters. The average Bonchev–Trinajstić information content (AvgIpc) is 2.84. The highest BCUT2D eigenvalue weighted by molar-refractivity contribution is 5.96. The summed E-state index contributed by atoms with van der Waals surface area (Å²) in [5.74, 6) is -0.237. The predicted octanol–water partition coefficient (Wildman–Crippen LogP) is 4.10. The number of rotatable bonds is 1. The van der Waals surface area contributed by atoms with Crippen molar-refractivity contribution in [1.82, 2.24) is 0 Å². The lowest BCUT2D eigenvalue weighted by Crippen LogP contribution is -2.01. The summed E-state index contributed by atoms with van der Waals surface area (Å²) >= 11 is 0. The Morgan fingerprint density at radius 3 is 2.40 bits per heavy atom. The Labute approximate surface area is 116 Å². The van der Waals surface area contributed by atoms with E-state index in [4.69, 9.17) is 4.74 Å². The molecule has 2 heteroatoms. The topological polar surface area (TPSA) is 26.3 Å². The number of hydrogen-bond acceptors (Lipinski definition) is 2. The molecule has 1 aliphatic rings. The van der Waals surface area contributed by atoms with Gasteiger partial charge >= 0.3 is 5.97 Å². The molecule has 4 rings (SSSR count). The summed E-state index contributed by atoms with van der Waals surface area (Å²) in [6.45, 7) is 0. The van der Waals surface area contributed by atoms with Gasteiger partial charge in [-0.3, -0.25) is 0 Å². The first kappa shape index (κ1) is 11.2. The van der Waals surface area contributed by atoms with Gasteiger partial charge in [-0.05, 0) is 16.8 Å². The molecule has 0 aromatic heterocycles. The van der Waals surface area contributed by atoms with E-state index >= 15 is 0 Å². The van der Waals surface area contributed by atoms with E-state index in [0.717, 1.165) is 21.9 Å². The fourth-order valence-corrected chi connectivity index (χ4v) is 2.86. The average molecular weight is 260 g/mol. The Bertz CT molecular complexity index is 815. The maximum atomic E-state index is 12.0. The number of benzene rings is 3. The van der Waals surface area contributed by atoms with E-state index in [-0.39, 0.29) is 12.1 Å². The van der Waals surface area contributed by atoms with Crippen LogP contribution < -0.4 is 0 Å². The van der Waals surface area contributed by atoms with Gasteiger partial charge in [0.15, 0.2) is 6.10 Å². The van der Waals surface area contributed by atoms with Crippen LogP contribution in [0.5, 0.6) is 0 Å². The van der Waals surface area contributed by atoms with Crippen molar-refractivity contribution in [2.45, 2.75) is 6.10 Å². The molecule has 0 N–H and O–H groups in total. The maximum absolute atomic E-state index is 12.0. The van der Waals surface area contributed by atoms with Gasteiger partial charge in [0.05, 0.1) is 5.56 Å². The number of carbonyl (C=O) groups is 1. The highest BCUT2D eigenvalue weighted by Crippen LogP contribution is 2.38. The third kappa shape index (κ3) is 1.55. The first-order chi connectivity index (χ1) is 9.84. The van der Waals surface area contributed by atoms with Crippen LogP contribution >= 0.6 is 0 Å². The van der Waals surface area contributed by atoms with Crippen molar-refractivity contribution in [3.63, 3.8) is 0 Å². The molecule has 0 amide bonds. The first-order valence-corrected chi connectivity index (χ1v) is 6.62. The van der Waals surface area contributed by atoms with Crippen LogP contribution in [0.1, 0.15) is 27.6 Å². The molecule has 0 aliphatic carbocycles. The summed E-state index contributed by atoms with van der Waals surface area (Å²) in [4.78, 5) is 12.0. The van der Waals surface area contributed by atoms with Crippen molar-refractivity contribution in [2.24, 2.45) is 0 Å². The van der Waals surface area contributed by atoms with Crippen molar-refractivity contribution in [3.8, 4) is 0 Å². The monoisotopic (exact) mass is 260 g/mol. The molecule has 1 heterocycles. The van der Waals surface area contributed by atoms with Crippen LogP contribution in [0.2, 0.25) is 0 Å². The summed E-state index contributed by atoms with van der Waals surface area (Å²) in [7, 11) is 0. The zero-order valence-corrected chi connectivity index (χ0v) is 10.7. The quantitative estimate of drug-likeness (QED) is 0.616. The van der Waals surface area contributed by atoms with E-state index in [0.29, 0.717) is 5.56 Å². The van der Waals surface area contributed by atoms with E-state index in [1.807, 2.05) is 48.5 Å². The molecule has 0 radical (unpaired) electrons. The summed E-state index contributed by atoms with van der Waals surface area (Å²) in [6.07, 6.45) is -0.301. The lowest BCUT2D eigenvalue weighted by molar-refractivity contribution is 0.0458. The fraction of sp³-hybridized carbons (Fsp3) is 0.0556. The summed E-state index contributed by atoms with van der Waals surface area (Å²) < 4.78 is 5.59. The molecular weight excluding hydrogens is 248 g/mol. The van der Waals surface area contributed by atoms with Crippen molar-refractivity contribution in [1.29, 1.82) is 0 Å². The molecule has 3 aromatic carbocycles. The second kappa shape index (κ2) is 4.20. The van der Waals surface area contributed by atoms with Gasteiger partial charge in [0, 0.05) is 11.1 Å². The normalized spacial score (nSPS) is 17.0. The zero-order valence-electron chi connectivity index (χ0n) is 10.7. The Hall–Kier alpha value is -2.61. The molecule has 1 atom stereocenters. The van der Waals surface area contributed by atoms with Gasteiger partial charge < -0.3 is 4.74 Å². The van der Waals surface area contributed by atoms with Gasteiger partial charge in [0.25, 0.3) is 0 Å². The molecule has 2 nitrogen and oxygen atoms in total. The molecule has 0 saturated carbocycles. The SMILES string of the molecule is O=C1OC(c2cccc3ccccc23)c2ccccc21. The van der Waals surface area contributed by atoms with E-state index in [1.54, 1.807) is 0 Å². The van der Waals surface area contributed by atoms with Crippen LogP contribution in [-0.4, -0.2) is 5.97 Å². The van der Waals surface area contributed by atoms with Crippen LogP contribution in [0.25, 0.3) is 10.8 Å². The summed E-state index contributed by atoms with van der Waals surface area (Å²) in [5.41, 5.74) is 2.67. The van der Waals surface area contributed by atoms with Crippen molar-refractivity contribution < 1.29 is 9.53 Å². The Balaban J connectivity index is 1.96. The lowest BCUT2D eigenvalue weighted by atomic mass is 9.95. The molecule has 3 aromatic rings. The lowest BCUT2D eigenvalue weighted by Gasteiger charge is -2.14. The van der Waals surface area contributed by atoms with E-state index in [1.165, 1.54) is 0 Å². The van der Waals surface area contributed by atoms with Gasteiger partial charge in [-0.1, -0.05) is 60.7 Å². The number of fused-ring (bicyclic) bond motifs is 2. The fourth-order valence-electron chi connectivity index (χ4n) is 2.86. The second-order valence-corrected chi connectivity index (χ2v) is 4.94. The maximum Gasteiger partial charge on any atom is 0.339 e. The standard InChI is InChI=1S/C18H12O2/c19-18-16-10-4-3-9-15(16)17(20-18)14-11-5-7-12-6-1-2-8-13(12)14/h1-11,17H. The van der Waals surface area contributed by atoms with Crippen LogP contribution in [0.4, 0.5) is 0 Å². The molecule has 20 heavy (non-hydrogen) atoms. The predicted molar refractivity (Wildman–Crippen MR) is 77.6 cm³/mol. The zero-order chi connectivity index (χ0) is 13.5. The number of hydrogen-bond donors (Lipinski definition) is 0. The molecule has 0 bridgehead atoms. The molecule has 0 saturated heterocycles. The smallest absolute Gasteiger partial charge is 0.339 e. The van der Waals surface area contributed by atoms with Crippen LogP contribution in [0.15, 0.2) is 66.7 Å². The number of ether oxygens (including phenoxy) is 1. The number of cyclic esters (lactones) is 1. The Morgan fingerprint density at radius 1 is 0.750 bits per heavy atom. The third-order valence-electron chi connectivity index (χ3n) is 3.79. The summed E-state index contributed by atoms with van der Waals surface area (Å²) in [5, 5.41) is 2.29. The van der Waals surface area contributed by atoms with Gasteiger partial charge in [-0.2, -0.15) is 0 Å². The minimum atomic E-state index is -0.301. The first-order valence-electron chi connectivity index (χ1n) is 6.62. The molecule has 1 aliphatic heterocycles. The van der Waals surface area contributed by atoms with E-state index < -0.39 is 0 Å².